The Bertz CT molecular complexity index is 3440. The van der Waals surface area contributed by atoms with Crippen molar-refractivity contribution in [2.45, 2.75) is 112 Å². The predicted octanol–water partition coefficient (Wildman–Crippen LogP) is -7.85. The number of rotatable bonds is 16. The molecule has 3 aromatic carbocycles. The number of aliphatic hydroxyl groups is 7. The number of nitrogens with one attached hydrogen (secondary N) is 5. The molecule has 0 spiro atoms. The third-order valence-corrected chi connectivity index (χ3v) is 17.2. The molecule has 490 valence electrons. The molecule has 9 rings (SSSR count). The van der Waals surface area contributed by atoms with Crippen molar-refractivity contribution in [2.75, 3.05) is 50.8 Å². The number of carbonyl (C=O) groups is 8. The van der Waals surface area contributed by atoms with Gasteiger partial charge in [-0.05, 0) is 61.0 Å². The molecule has 4 aliphatic heterocycles. The minimum Gasteiger partial charge on any atom is -0.691 e. The van der Waals surface area contributed by atoms with Crippen LogP contribution in [-0.2, 0) is 47.7 Å². The number of benzene rings is 3. The van der Waals surface area contributed by atoms with Crippen molar-refractivity contribution in [3.05, 3.63) is 84.1 Å². The van der Waals surface area contributed by atoms with Gasteiger partial charge in [0, 0.05) is 73.9 Å². The Labute approximate surface area is 553 Å². The summed E-state index contributed by atoms with van der Waals surface area (Å²) < 4.78 is 16.2. The first-order chi connectivity index (χ1) is 43.4. The summed E-state index contributed by atoms with van der Waals surface area (Å²) in [5, 5.41) is 121. The fourth-order valence-electron chi connectivity index (χ4n) is 11.1. The fraction of sp³-hybridized carbons (Fsp3) is 0.464. The normalized spacial score (nSPS) is 26.0. The molecule has 36 heteroatoms. The minimum atomic E-state index is -2.54. The Balaban J connectivity index is 0.0000109. The Morgan fingerprint density at radius 2 is 1.50 bits per heavy atom. The third kappa shape index (κ3) is 16.4. The van der Waals surface area contributed by atoms with Gasteiger partial charge in [-0.25, -0.2) is 9.50 Å². The van der Waals surface area contributed by atoms with Gasteiger partial charge in [-0.3, -0.25) is 43.4 Å². The van der Waals surface area contributed by atoms with Gasteiger partial charge in [-0.2, -0.15) is 5.10 Å². The van der Waals surface area contributed by atoms with E-state index in [0.717, 1.165) is 64.3 Å². The molecule has 4 aliphatic rings. The van der Waals surface area contributed by atoms with E-state index in [-0.39, 0.29) is 53.0 Å². The molecule has 0 radical (unpaired) electrons. The van der Waals surface area contributed by atoms with Crippen LogP contribution in [0.3, 0.4) is 0 Å². The van der Waals surface area contributed by atoms with E-state index >= 15 is 0 Å². The van der Waals surface area contributed by atoms with Gasteiger partial charge in [0.25, 0.3) is 18.2 Å². The number of anilines is 1. The number of phenols is 1. The Kier molecular flexibility index (Phi) is 24.0. The maximum Gasteiger partial charge on any atom is 1.00 e. The molecule has 0 bridgehead atoms. The molecule has 92 heavy (non-hydrogen) atoms. The van der Waals surface area contributed by atoms with Gasteiger partial charge in [0.1, 0.15) is 53.5 Å². The Morgan fingerprint density at radius 3 is 2.16 bits per heavy atom. The van der Waals surface area contributed by atoms with Crippen molar-refractivity contribution in [1.82, 2.24) is 51.0 Å². The summed E-state index contributed by atoms with van der Waals surface area (Å²) in [6.07, 6.45) is -14.5. The molecule has 0 saturated carbocycles. The first-order valence-electron chi connectivity index (χ1n) is 28.6. The second-order valence-electron chi connectivity index (χ2n) is 22.3. The summed E-state index contributed by atoms with van der Waals surface area (Å²) in [7, 11) is 0. The second kappa shape index (κ2) is 31.2. The number of nitrogens with two attached hydrogens (primary N) is 1. The van der Waals surface area contributed by atoms with Crippen LogP contribution >= 0.6 is 23.7 Å². The number of nitrogens with zero attached hydrogens (tertiary/aromatic N) is 6. The largest absolute Gasteiger partial charge is 1.00 e. The maximum absolute atomic E-state index is 14.7. The van der Waals surface area contributed by atoms with Gasteiger partial charge < -0.3 is 102 Å². The first-order valence-corrected chi connectivity index (χ1v) is 30.1. The number of ether oxygens (including phenoxy) is 1. The van der Waals surface area contributed by atoms with Crippen LogP contribution in [0.4, 0.5) is 5.69 Å². The average molecular weight is 1330 g/mol. The van der Waals surface area contributed by atoms with E-state index in [2.05, 4.69) is 40.9 Å². The summed E-state index contributed by atoms with van der Waals surface area (Å²) >= 11 is 1.28. The molecule has 14 atom stereocenters. The minimum absolute atomic E-state index is 0. The molecule has 2 aromatic heterocycles. The number of hydrogen-bond donors (Lipinski definition) is 14. The zero-order valence-electron chi connectivity index (χ0n) is 49.5. The van der Waals surface area contributed by atoms with Crippen LogP contribution in [-0.4, -0.2) is 231 Å². The molecule has 0 aliphatic carbocycles. The summed E-state index contributed by atoms with van der Waals surface area (Å²) in [4.78, 5) is 123. The van der Waals surface area contributed by atoms with E-state index in [0.29, 0.717) is 29.4 Å². The quantitative estimate of drug-likeness (QED) is 0.0143. The molecule has 8 amide bonds. The van der Waals surface area contributed by atoms with Gasteiger partial charge in [0.2, 0.25) is 46.3 Å². The van der Waals surface area contributed by atoms with Gasteiger partial charge in [0.05, 0.1) is 62.0 Å². The van der Waals surface area contributed by atoms with Gasteiger partial charge in [-0.1, -0.05) is 36.5 Å². The topological polar surface area (TPSA) is 484 Å². The van der Waals surface area contributed by atoms with Crippen molar-refractivity contribution >= 4 is 81.6 Å². The van der Waals surface area contributed by atoms with Crippen LogP contribution in [0.2, 0.25) is 0 Å². The number of primary amides is 1. The van der Waals surface area contributed by atoms with Crippen LogP contribution in [0.1, 0.15) is 55.1 Å². The first kappa shape index (κ1) is 70.7. The van der Waals surface area contributed by atoms with Crippen molar-refractivity contribution < 1.29 is 132 Å². The summed E-state index contributed by atoms with van der Waals surface area (Å²) in [5.74, 6) is -12.0. The molecular formula is C56H67N12NaO21S2. The Hall–Kier alpha value is -7.17. The van der Waals surface area contributed by atoms with Crippen LogP contribution in [0.15, 0.2) is 72.9 Å². The van der Waals surface area contributed by atoms with Gasteiger partial charge in [-0.15, -0.1) is 4.33 Å². The number of aromatic nitrogens is 3. The smallest absolute Gasteiger partial charge is 0.691 e. The van der Waals surface area contributed by atoms with Gasteiger partial charge >= 0.3 is 29.6 Å². The number of amides is 8. The third-order valence-electron chi connectivity index (χ3n) is 15.9. The molecule has 14 unspecified atom stereocenters. The SMILES string of the molecule is CC(O)C1NC(=O)C(NC(=O)c2ccc(-c3cn4nc(-c5ccc(N6CCOCC6)cc5)sc4n3)cc2)CC(O)CNC(=O)C2C(O)C(C)CN2C(=O)C(C(O)CC(N)=O)NC(=O)C(C(O)C(O)c2ccc(O)c(OSOO[O-])c2)NC(=O)C2CC(O)CN2C1=O.[Na+]. The monoisotopic (exact) mass is 1330 g/mol. The number of morpholine rings is 1. The van der Waals surface area contributed by atoms with Crippen molar-refractivity contribution in [3.63, 3.8) is 0 Å². The fourth-order valence-corrected chi connectivity index (χ4v) is 12.2. The van der Waals surface area contributed by atoms with Crippen molar-refractivity contribution in [3.8, 4) is 33.3 Å². The van der Waals surface area contributed by atoms with Crippen LogP contribution in [0.5, 0.6) is 11.5 Å². The number of β-amino-alcohol motifs (C(OH)–C–C–N with tert-alkyl or cyclic N) is 1. The van der Waals surface area contributed by atoms with E-state index in [9.17, 15) is 84.5 Å². The molecule has 33 nitrogen and oxygen atoms in total. The zero-order chi connectivity index (χ0) is 65.5. The van der Waals surface area contributed by atoms with Crippen LogP contribution < -0.4 is 76.2 Å². The van der Waals surface area contributed by atoms with Gasteiger partial charge in [0.15, 0.2) is 11.5 Å². The number of fused-ring (bicyclic) bond motifs is 3. The molecule has 4 saturated heterocycles. The van der Waals surface area contributed by atoms with Crippen molar-refractivity contribution in [1.29, 1.82) is 0 Å². The van der Waals surface area contributed by atoms with Crippen LogP contribution in [0, 0.1) is 5.92 Å². The standard InChI is InChI=1S/C56H68N12O21S2.Na/c1-25-22-67-44(45(25)75)52(82)58-21-32(70)18-34(59-48(78)28-5-3-27(4-6-28)35-24-68-56(60-35)90-53(64-68)29-7-10-31(11-8-29)65-13-15-86-16-14-65)49(79)61-41(26(2)69)54(83)66-23-33(71)19-36(66)50(80)63-43(51(81)62-42(55(67)84)38(73)20-40(57)74)47(77)46(76)30-9-12-37(72)39(17-30)87-91-89-88-85;/h3-12,17,24-26,32-34,36,38,41-47,69-73,75-77,85H,13-16,18-23H2,1-2H3,(H2,57,74)(H,58,82)(H,59,78)(H,61,79)(H,62,81)(H,63,80);/q;+1/p-1. The van der Waals surface area contributed by atoms with E-state index in [1.54, 1.807) is 22.8 Å². The zero-order valence-corrected chi connectivity index (χ0v) is 53.2. The number of carbonyl (C=O) groups excluding carboxylic acids is 8. The summed E-state index contributed by atoms with van der Waals surface area (Å²) in [6.45, 7) is 3.57. The molecule has 15 N–H and O–H groups in total. The Morgan fingerprint density at radius 1 is 0.837 bits per heavy atom. The van der Waals surface area contributed by atoms with E-state index in [1.165, 1.54) is 30.4 Å². The van der Waals surface area contributed by atoms with E-state index in [4.69, 9.17) is 24.7 Å². The van der Waals surface area contributed by atoms with Crippen molar-refractivity contribution in [2.24, 2.45) is 11.7 Å². The van der Waals surface area contributed by atoms with Crippen LogP contribution in [0.25, 0.3) is 26.8 Å². The second-order valence-corrected chi connectivity index (χ2v) is 23.7. The number of imidazole rings is 1. The average Bonchev–Trinajstić information content (AvgIpc) is 1.66. The maximum atomic E-state index is 14.7. The number of aromatic hydroxyl groups is 1. The summed E-state index contributed by atoms with van der Waals surface area (Å²) in [5.41, 5.74) is 8.07. The number of aliphatic hydroxyl groups excluding tert-OH is 7. The molecular weight excluding hydrogens is 1260 g/mol. The predicted molar refractivity (Wildman–Crippen MR) is 313 cm³/mol. The molecule has 5 aromatic rings. The number of phenolic OH excluding ortho intramolecular Hbond substituents is 1. The molecule has 4 fully saturated rings. The number of hydrogen-bond acceptors (Lipinski definition) is 26. The summed E-state index contributed by atoms with van der Waals surface area (Å²) in [6, 6.07) is 4.63. The molecule has 6 heterocycles. The van der Waals surface area contributed by atoms with E-state index < -0.39 is 183 Å². The van der Waals surface area contributed by atoms with E-state index in [1.807, 2.05) is 24.3 Å².